The van der Waals surface area contributed by atoms with Gasteiger partial charge in [-0.05, 0) is 18.6 Å². The minimum absolute atomic E-state index is 0.258. The molecule has 4 heteroatoms. The Kier molecular flexibility index (Phi) is 4.39. The molecule has 0 bridgehead atoms. The number of ether oxygens (including phenoxy) is 1. The fourth-order valence-corrected chi connectivity index (χ4v) is 1.76. The molecule has 2 rings (SSSR count). The summed E-state index contributed by atoms with van der Waals surface area (Å²) in [7, 11) is 0. The van der Waals surface area contributed by atoms with Crippen molar-refractivity contribution in [3.63, 3.8) is 0 Å². The molecule has 0 heterocycles. The molecule has 2 aromatic rings. The lowest BCUT2D eigenvalue weighted by molar-refractivity contribution is -0.380. The molecule has 2 aromatic carbocycles. The minimum Gasteiger partial charge on any atom is -0.502 e. The summed E-state index contributed by atoms with van der Waals surface area (Å²) in [5, 5.41) is 2.12. The first kappa shape index (κ1) is 13.0. The predicted octanol–water partition coefficient (Wildman–Crippen LogP) is 1.96. The molecular weight excluding hydrogens is 240 g/mol. The Bertz CT molecular complexity index is 567. The van der Waals surface area contributed by atoms with Gasteiger partial charge in [-0.1, -0.05) is 36.4 Å². The van der Waals surface area contributed by atoms with Gasteiger partial charge >= 0.3 is 5.97 Å². The van der Waals surface area contributed by atoms with Gasteiger partial charge < -0.3 is 10.3 Å². The van der Waals surface area contributed by atoms with Crippen molar-refractivity contribution in [2.75, 3.05) is 0 Å². The van der Waals surface area contributed by atoms with Gasteiger partial charge in [0.15, 0.2) is 5.69 Å². The van der Waals surface area contributed by atoms with Gasteiger partial charge in [0.2, 0.25) is 0 Å². The van der Waals surface area contributed by atoms with Crippen molar-refractivity contribution in [1.29, 1.82) is 0 Å². The molecule has 96 valence electrons. The number of carbonyl (C=O) groups excluding carboxylic acids is 1. The van der Waals surface area contributed by atoms with Gasteiger partial charge in [0, 0.05) is 11.6 Å². The number of para-hydroxylation sites is 2. The van der Waals surface area contributed by atoms with Gasteiger partial charge in [-0.15, -0.1) is 0 Å². The van der Waals surface area contributed by atoms with E-state index >= 15 is 0 Å². The number of nitrogens with one attached hydrogen (secondary N) is 1. The van der Waals surface area contributed by atoms with E-state index in [1.807, 2.05) is 36.4 Å². The van der Waals surface area contributed by atoms with E-state index in [2.05, 4.69) is 5.11 Å². The zero-order chi connectivity index (χ0) is 13.5. The summed E-state index contributed by atoms with van der Waals surface area (Å²) in [5.74, 6) is 0.250. The summed E-state index contributed by atoms with van der Waals surface area (Å²) in [4.78, 5) is 11.7. The van der Waals surface area contributed by atoms with Crippen LogP contribution < -0.4 is 9.85 Å². The molecule has 0 aliphatic heterocycles. The van der Waals surface area contributed by atoms with Gasteiger partial charge in [-0.25, -0.2) is 0 Å². The number of nitrogens with zero attached hydrogens (tertiary/aromatic N) is 1. The van der Waals surface area contributed by atoms with Crippen LogP contribution in [0.25, 0.3) is 5.53 Å². The Balaban J connectivity index is 1.92. The maximum absolute atomic E-state index is 11.7. The SMILES string of the molecule is [N-]=[NH+]c1ccccc1CCC(=O)Oc1ccccc1. The van der Waals surface area contributed by atoms with Gasteiger partial charge in [0.25, 0.3) is 0 Å². The number of benzene rings is 2. The molecule has 0 saturated heterocycles. The highest BCUT2D eigenvalue weighted by Crippen LogP contribution is 2.13. The van der Waals surface area contributed by atoms with Gasteiger partial charge in [0.1, 0.15) is 5.75 Å². The molecule has 19 heavy (non-hydrogen) atoms. The Morgan fingerprint density at radius 3 is 2.47 bits per heavy atom. The number of esters is 1. The molecule has 0 fully saturated rings. The van der Waals surface area contributed by atoms with E-state index < -0.39 is 0 Å². The third kappa shape index (κ3) is 3.74. The van der Waals surface area contributed by atoms with E-state index in [1.54, 1.807) is 18.2 Å². The normalized spacial score (nSPS) is 9.89. The van der Waals surface area contributed by atoms with Gasteiger partial charge in [-0.2, -0.15) is 0 Å². The summed E-state index contributed by atoms with van der Waals surface area (Å²) in [5.41, 5.74) is 10.4. The third-order valence-electron chi connectivity index (χ3n) is 2.71. The molecule has 1 N–H and O–H groups in total. The Labute approximate surface area is 111 Å². The van der Waals surface area contributed by atoms with Crippen LogP contribution in [-0.2, 0) is 11.2 Å². The summed E-state index contributed by atoms with van der Waals surface area (Å²) in [6.07, 6.45) is 0.767. The molecule has 0 saturated carbocycles. The van der Waals surface area contributed by atoms with Gasteiger partial charge in [-0.3, -0.25) is 9.91 Å². The van der Waals surface area contributed by atoms with Crippen molar-refractivity contribution in [3.05, 3.63) is 65.7 Å². The van der Waals surface area contributed by atoms with Crippen molar-refractivity contribution in [2.24, 2.45) is 0 Å². The maximum atomic E-state index is 11.7. The van der Waals surface area contributed by atoms with Crippen molar-refractivity contribution in [1.82, 2.24) is 0 Å². The first-order chi connectivity index (χ1) is 9.29. The lowest BCUT2D eigenvalue weighted by Gasteiger charge is -2.04. The molecule has 0 radical (unpaired) electrons. The second-order valence-corrected chi connectivity index (χ2v) is 4.06. The van der Waals surface area contributed by atoms with Crippen LogP contribution in [0.4, 0.5) is 5.69 Å². The van der Waals surface area contributed by atoms with Crippen molar-refractivity contribution in [3.8, 4) is 5.75 Å². The monoisotopic (exact) mass is 254 g/mol. The molecule has 0 aliphatic carbocycles. The second kappa shape index (κ2) is 6.44. The first-order valence-electron chi connectivity index (χ1n) is 6.03. The topological polar surface area (TPSA) is 62.6 Å². The highest BCUT2D eigenvalue weighted by molar-refractivity contribution is 5.72. The Morgan fingerprint density at radius 2 is 1.74 bits per heavy atom. The Morgan fingerprint density at radius 1 is 1.05 bits per heavy atom. The maximum Gasteiger partial charge on any atom is 0.311 e. The summed E-state index contributed by atoms with van der Waals surface area (Å²) in [6, 6.07) is 16.2. The summed E-state index contributed by atoms with van der Waals surface area (Å²) >= 11 is 0. The van der Waals surface area contributed by atoms with Crippen molar-refractivity contribution >= 4 is 11.7 Å². The molecule has 0 aromatic heterocycles. The minimum atomic E-state index is -0.293. The highest BCUT2D eigenvalue weighted by Gasteiger charge is 2.08. The van der Waals surface area contributed by atoms with Crippen LogP contribution >= 0.6 is 0 Å². The van der Waals surface area contributed by atoms with Crippen LogP contribution in [-0.4, -0.2) is 5.97 Å². The summed E-state index contributed by atoms with van der Waals surface area (Å²) < 4.78 is 5.19. The fourth-order valence-electron chi connectivity index (χ4n) is 1.76. The average Bonchev–Trinajstić information content (AvgIpc) is 2.46. The van der Waals surface area contributed by atoms with Crippen molar-refractivity contribution in [2.45, 2.75) is 12.8 Å². The van der Waals surface area contributed by atoms with Crippen LogP contribution in [0, 0.1) is 0 Å². The molecule has 4 nitrogen and oxygen atoms in total. The lowest BCUT2D eigenvalue weighted by Crippen LogP contribution is -2.55. The Hall–Kier alpha value is -2.49. The molecule has 0 amide bonds. The van der Waals surface area contributed by atoms with Crippen LogP contribution in [0.15, 0.2) is 54.6 Å². The fraction of sp³-hybridized carbons (Fsp3) is 0.133. The third-order valence-corrected chi connectivity index (χ3v) is 2.71. The molecular formula is C15H14N2O2. The smallest absolute Gasteiger partial charge is 0.311 e. The first-order valence-corrected chi connectivity index (χ1v) is 6.03. The molecule has 0 unspecified atom stereocenters. The van der Waals surface area contributed by atoms with E-state index in [9.17, 15) is 4.79 Å². The van der Waals surface area contributed by atoms with E-state index in [0.29, 0.717) is 17.9 Å². The van der Waals surface area contributed by atoms with Crippen LogP contribution in [0.2, 0.25) is 0 Å². The average molecular weight is 254 g/mol. The largest absolute Gasteiger partial charge is 0.502 e. The van der Waals surface area contributed by atoms with Crippen LogP contribution in [0.1, 0.15) is 12.0 Å². The molecule has 0 aliphatic rings. The predicted molar refractivity (Wildman–Crippen MR) is 70.8 cm³/mol. The number of aryl methyl sites for hydroxylation is 1. The number of hydrogen-bond acceptors (Lipinski definition) is 2. The zero-order valence-electron chi connectivity index (χ0n) is 10.4. The second-order valence-electron chi connectivity index (χ2n) is 4.06. The van der Waals surface area contributed by atoms with Gasteiger partial charge in [0.05, 0.1) is 6.42 Å². The van der Waals surface area contributed by atoms with E-state index in [1.165, 1.54) is 0 Å². The van der Waals surface area contributed by atoms with E-state index in [4.69, 9.17) is 10.3 Å². The number of hydrogen-bond donors (Lipinski definition) is 1. The number of rotatable bonds is 5. The number of carbonyl (C=O) groups is 1. The molecule has 0 atom stereocenters. The zero-order valence-corrected chi connectivity index (χ0v) is 10.4. The van der Waals surface area contributed by atoms with Crippen LogP contribution in [0.3, 0.4) is 0 Å². The van der Waals surface area contributed by atoms with E-state index in [-0.39, 0.29) is 12.4 Å². The van der Waals surface area contributed by atoms with Crippen molar-refractivity contribution < 1.29 is 14.6 Å². The van der Waals surface area contributed by atoms with E-state index in [0.717, 1.165) is 5.56 Å². The lowest BCUT2D eigenvalue weighted by atomic mass is 10.1. The van der Waals surface area contributed by atoms with Crippen LogP contribution in [0.5, 0.6) is 5.75 Å². The summed E-state index contributed by atoms with van der Waals surface area (Å²) in [6.45, 7) is 0. The highest BCUT2D eigenvalue weighted by atomic mass is 16.5. The quantitative estimate of drug-likeness (QED) is 0.503. The molecule has 0 spiro atoms. The standard InChI is InChI=1S/C15H14N2O2/c16-17-14-9-5-4-6-12(14)10-11-15(18)19-13-7-2-1-3-8-13/h1-9,17H,10-11H2.